The van der Waals surface area contributed by atoms with E-state index in [1.807, 2.05) is 30.3 Å². The van der Waals surface area contributed by atoms with Gasteiger partial charge < -0.3 is 14.9 Å². The van der Waals surface area contributed by atoms with E-state index in [9.17, 15) is 18.6 Å². The summed E-state index contributed by atoms with van der Waals surface area (Å²) < 4.78 is 31.4. The van der Waals surface area contributed by atoms with E-state index in [0.717, 1.165) is 48.8 Å². The van der Waals surface area contributed by atoms with Crippen molar-refractivity contribution >= 4 is 21.9 Å². The summed E-state index contributed by atoms with van der Waals surface area (Å²) >= 11 is 0. The number of anilines is 1. The SMILES string of the molecule is COc1ccc(CC(O)C(c2ccc(O)c(NS(C)(=O)=O)c2)C2(C3CCCC3)C=CC=N2)cc1. The molecule has 3 N–H and O–H groups in total. The number of aliphatic hydroxyl groups is 1. The second kappa shape index (κ2) is 9.80. The van der Waals surface area contributed by atoms with Crippen LogP contribution in [0.4, 0.5) is 5.69 Å². The molecule has 2 aromatic rings. The molecule has 2 aliphatic rings. The molecule has 1 saturated carbocycles. The summed E-state index contributed by atoms with van der Waals surface area (Å²) in [6.45, 7) is 0. The quantitative estimate of drug-likeness (QED) is 0.466. The fraction of sp³-hybridized carbons (Fsp3) is 0.423. The van der Waals surface area contributed by atoms with E-state index >= 15 is 0 Å². The number of benzene rings is 2. The summed E-state index contributed by atoms with van der Waals surface area (Å²) in [4.78, 5) is 4.93. The maximum absolute atomic E-state index is 11.9. The van der Waals surface area contributed by atoms with Crippen molar-refractivity contribution in [3.05, 3.63) is 65.7 Å². The zero-order valence-electron chi connectivity index (χ0n) is 19.5. The molecule has 2 aromatic carbocycles. The first-order valence-corrected chi connectivity index (χ1v) is 13.5. The molecule has 7 nitrogen and oxygen atoms in total. The molecule has 0 saturated heterocycles. The number of aromatic hydroxyl groups is 1. The molecule has 3 unspecified atom stereocenters. The normalized spacial score (nSPS) is 22.1. The number of rotatable bonds is 9. The topological polar surface area (TPSA) is 108 Å². The van der Waals surface area contributed by atoms with Crippen molar-refractivity contribution in [2.75, 3.05) is 18.1 Å². The van der Waals surface area contributed by atoms with E-state index in [2.05, 4.69) is 10.8 Å². The minimum atomic E-state index is -3.60. The van der Waals surface area contributed by atoms with Gasteiger partial charge in [0.05, 0.1) is 30.7 Å². The Morgan fingerprint density at radius 3 is 2.47 bits per heavy atom. The third kappa shape index (κ3) is 5.13. The molecule has 0 amide bonds. The predicted octanol–water partition coefficient (Wildman–Crippen LogP) is 4.03. The molecule has 1 fully saturated rings. The highest BCUT2D eigenvalue weighted by Crippen LogP contribution is 2.50. The third-order valence-corrected chi connectivity index (χ3v) is 7.51. The van der Waals surface area contributed by atoms with Gasteiger partial charge in [0.2, 0.25) is 10.0 Å². The van der Waals surface area contributed by atoms with Gasteiger partial charge in [-0.25, -0.2) is 8.42 Å². The van der Waals surface area contributed by atoms with E-state index in [1.54, 1.807) is 25.5 Å². The summed E-state index contributed by atoms with van der Waals surface area (Å²) in [5.41, 5.74) is 1.13. The lowest BCUT2D eigenvalue weighted by Crippen LogP contribution is -2.44. The molecule has 1 aliphatic heterocycles. The Morgan fingerprint density at radius 1 is 1.18 bits per heavy atom. The van der Waals surface area contributed by atoms with Crippen LogP contribution in [0.15, 0.2) is 59.6 Å². The first-order chi connectivity index (χ1) is 16.2. The number of nitrogens with one attached hydrogen (secondary N) is 1. The van der Waals surface area contributed by atoms with Crippen LogP contribution in [-0.4, -0.2) is 49.9 Å². The van der Waals surface area contributed by atoms with Gasteiger partial charge in [0.25, 0.3) is 0 Å². The molecule has 0 radical (unpaired) electrons. The Labute approximate surface area is 201 Å². The molecule has 1 heterocycles. The molecule has 0 aromatic heterocycles. The van der Waals surface area contributed by atoms with Gasteiger partial charge in [-0.2, -0.15) is 0 Å². The summed E-state index contributed by atoms with van der Waals surface area (Å²) in [7, 11) is -1.98. The van der Waals surface area contributed by atoms with E-state index in [-0.39, 0.29) is 17.4 Å². The van der Waals surface area contributed by atoms with Crippen molar-refractivity contribution in [1.82, 2.24) is 0 Å². The first kappa shape index (κ1) is 24.3. The van der Waals surface area contributed by atoms with Gasteiger partial charge in [0.15, 0.2) is 0 Å². The number of hydrogen-bond acceptors (Lipinski definition) is 6. The van der Waals surface area contributed by atoms with Crippen molar-refractivity contribution in [3.63, 3.8) is 0 Å². The lowest BCUT2D eigenvalue weighted by molar-refractivity contribution is 0.0975. The molecular weight excluding hydrogens is 452 g/mol. The van der Waals surface area contributed by atoms with Crippen LogP contribution in [-0.2, 0) is 16.4 Å². The molecule has 182 valence electrons. The van der Waals surface area contributed by atoms with Crippen molar-refractivity contribution in [2.45, 2.75) is 49.7 Å². The highest BCUT2D eigenvalue weighted by molar-refractivity contribution is 7.92. The van der Waals surface area contributed by atoms with Crippen LogP contribution in [0.25, 0.3) is 0 Å². The standard InChI is InChI=1S/C26H32N2O5S/c1-33-21-11-8-18(9-12-21)16-24(30)25(26(14-5-15-27-26)20-6-3-4-7-20)19-10-13-23(29)22(17-19)28-34(2,31)32/h5,8-15,17,20,24-25,28-30H,3-4,6-7,16H2,1-2H3. The number of phenolic OH excluding ortho intramolecular Hbond substituents is 1. The van der Waals surface area contributed by atoms with Crippen LogP contribution in [0.2, 0.25) is 0 Å². The largest absolute Gasteiger partial charge is 0.506 e. The van der Waals surface area contributed by atoms with E-state index in [4.69, 9.17) is 9.73 Å². The minimum Gasteiger partial charge on any atom is -0.506 e. The number of sulfonamides is 1. The molecule has 3 atom stereocenters. The van der Waals surface area contributed by atoms with Crippen molar-refractivity contribution in [1.29, 1.82) is 0 Å². The Hall–Kier alpha value is -2.84. The van der Waals surface area contributed by atoms with Gasteiger partial charge >= 0.3 is 0 Å². The maximum atomic E-state index is 11.9. The van der Waals surface area contributed by atoms with Crippen LogP contribution in [0.3, 0.4) is 0 Å². The van der Waals surface area contributed by atoms with Crippen molar-refractivity contribution in [2.24, 2.45) is 10.9 Å². The van der Waals surface area contributed by atoms with Crippen LogP contribution < -0.4 is 9.46 Å². The summed E-state index contributed by atoms with van der Waals surface area (Å²) in [6.07, 6.45) is 10.7. The Kier molecular flexibility index (Phi) is 7.00. The summed E-state index contributed by atoms with van der Waals surface area (Å²) in [5, 5.41) is 22.0. The lowest BCUT2D eigenvalue weighted by atomic mass is 9.67. The average molecular weight is 485 g/mol. The average Bonchev–Trinajstić information content (AvgIpc) is 3.49. The second-order valence-corrected chi connectivity index (χ2v) is 11.0. The smallest absolute Gasteiger partial charge is 0.229 e. The Bertz CT molecular complexity index is 1160. The van der Waals surface area contributed by atoms with Gasteiger partial charge in [0.1, 0.15) is 11.5 Å². The number of ether oxygens (including phenoxy) is 1. The molecular formula is C26H32N2O5S. The molecule has 34 heavy (non-hydrogen) atoms. The Balaban J connectivity index is 1.77. The van der Waals surface area contributed by atoms with E-state index < -0.39 is 27.6 Å². The fourth-order valence-electron chi connectivity index (χ4n) is 5.43. The number of aliphatic imine (C=N–C) groups is 1. The minimum absolute atomic E-state index is 0.0918. The summed E-state index contributed by atoms with van der Waals surface area (Å²) in [6, 6.07) is 12.4. The number of nitrogens with zero attached hydrogens (tertiary/aromatic N) is 1. The van der Waals surface area contributed by atoms with Gasteiger partial charge in [0, 0.05) is 12.1 Å². The molecule has 1 aliphatic carbocycles. The highest BCUT2D eigenvalue weighted by atomic mass is 32.2. The van der Waals surface area contributed by atoms with Crippen LogP contribution >= 0.6 is 0 Å². The number of hydrogen-bond donors (Lipinski definition) is 3. The van der Waals surface area contributed by atoms with Crippen LogP contribution in [0.5, 0.6) is 11.5 Å². The van der Waals surface area contributed by atoms with E-state index in [1.165, 1.54) is 6.07 Å². The molecule has 8 heteroatoms. The van der Waals surface area contributed by atoms with Crippen molar-refractivity contribution in [3.8, 4) is 11.5 Å². The highest BCUT2D eigenvalue weighted by Gasteiger charge is 2.48. The van der Waals surface area contributed by atoms with Crippen LogP contribution in [0.1, 0.15) is 42.7 Å². The number of phenols is 1. The Morgan fingerprint density at radius 2 is 1.88 bits per heavy atom. The van der Waals surface area contributed by atoms with E-state index in [0.29, 0.717) is 6.42 Å². The number of allylic oxidation sites excluding steroid dienone is 1. The first-order valence-electron chi connectivity index (χ1n) is 11.6. The zero-order chi connectivity index (χ0) is 24.3. The van der Waals surface area contributed by atoms with Gasteiger partial charge in [-0.15, -0.1) is 0 Å². The molecule has 4 rings (SSSR count). The summed E-state index contributed by atoms with van der Waals surface area (Å²) in [5.74, 6) is 0.403. The van der Waals surface area contributed by atoms with Gasteiger partial charge in [-0.05, 0) is 66.6 Å². The maximum Gasteiger partial charge on any atom is 0.229 e. The monoisotopic (exact) mass is 484 g/mol. The van der Waals surface area contributed by atoms with Gasteiger partial charge in [-0.1, -0.05) is 37.1 Å². The number of aliphatic hydroxyl groups excluding tert-OH is 1. The second-order valence-electron chi connectivity index (χ2n) is 9.25. The number of methoxy groups -OCH3 is 1. The molecule has 0 spiro atoms. The lowest BCUT2D eigenvalue weighted by Gasteiger charge is -2.41. The predicted molar refractivity (Wildman–Crippen MR) is 134 cm³/mol. The zero-order valence-corrected chi connectivity index (χ0v) is 20.3. The molecule has 0 bridgehead atoms. The third-order valence-electron chi connectivity index (χ3n) is 6.92. The van der Waals surface area contributed by atoms with Crippen LogP contribution in [0, 0.1) is 5.92 Å². The van der Waals surface area contributed by atoms with Gasteiger partial charge in [-0.3, -0.25) is 9.71 Å². The fourth-order valence-corrected chi connectivity index (χ4v) is 5.99. The van der Waals surface area contributed by atoms with Crippen molar-refractivity contribution < 1.29 is 23.4 Å².